The van der Waals surface area contributed by atoms with Crippen molar-refractivity contribution in [1.29, 1.82) is 0 Å². The number of aryl methyl sites for hydroxylation is 2. The monoisotopic (exact) mass is 341 g/mol. The largest absolute Gasteiger partial charge is 0.496 e. The van der Waals surface area contributed by atoms with Crippen LogP contribution < -0.4 is 9.47 Å². The molecule has 6 heteroatoms. The third kappa shape index (κ3) is 4.26. The quantitative estimate of drug-likeness (QED) is 0.835. The van der Waals surface area contributed by atoms with Crippen LogP contribution in [0.3, 0.4) is 0 Å². The zero-order valence-electron chi connectivity index (χ0n) is 14.9. The highest BCUT2D eigenvalue weighted by Crippen LogP contribution is 2.21. The first-order valence-corrected chi connectivity index (χ1v) is 8.43. The molecule has 0 N–H and O–H groups in total. The van der Waals surface area contributed by atoms with E-state index in [1.807, 2.05) is 49.1 Å². The number of rotatable bonds is 5. The molecule has 1 aliphatic rings. The summed E-state index contributed by atoms with van der Waals surface area (Å²) in [5, 5.41) is 8.01. The lowest BCUT2D eigenvalue weighted by Gasteiger charge is -2.17. The third-order valence-electron chi connectivity index (χ3n) is 4.37. The fourth-order valence-corrected chi connectivity index (χ4v) is 3.01. The van der Waals surface area contributed by atoms with Crippen molar-refractivity contribution in [3.8, 4) is 11.6 Å². The van der Waals surface area contributed by atoms with E-state index >= 15 is 0 Å². The number of benzene rings is 1. The first-order valence-electron chi connectivity index (χ1n) is 8.43. The maximum Gasteiger partial charge on any atom is 0.233 e. The molecule has 1 saturated heterocycles. The molecule has 0 bridgehead atoms. The molecule has 1 atom stereocenters. The summed E-state index contributed by atoms with van der Waals surface area (Å²) in [6.07, 6.45) is 1.17. The highest BCUT2D eigenvalue weighted by Gasteiger charge is 2.28. The van der Waals surface area contributed by atoms with E-state index in [1.165, 1.54) is 0 Å². The SMILES string of the molecule is COc1ccc(CC(=O)N2CC[C@@H](Oc3ccc(C)nn3)C2)cc1C. The Balaban J connectivity index is 1.55. The van der Waals surface area contributed by atoms with Crippen LogP contribution in [0.5, 0.6) is 11.6 Å². The van der Waals surface area contributed by atoms with E-state index in [1.54, 1.807) is 7.11 Å². The van der Waals surface area contributed by atoms with Crippen LogP contribution in [0.1, 0.15) is 23.2 Å². The molecular formula is C19H23N3O3. The van der Waals surface area contributed by atoms with Gasteiger partial charge in [0.1, 0.15) is 11.9 Å². The number of ether oxygens (including phenoxy) is 2. The molecular weight excluding hydrogens is 318 g/mol. The number of aromatic nitrogens is 2. The molecule has 0 saturated carbocycles. The average Bonchev–Trinajstić information content (AvgIpc) is 3.06. The summed E-state index contributed by atoms with van der Waals surface area (Å²) in [7, 11) is 1.65. The molecule has 0 spiro atoms. The molecule has 25 heavy (non-hydrogen) atoms. The summed E-state index contributed by atoms with van der Waals surface area (Å²) in [6, 6.07) is 9.53. The molecule has 1 fully saturated rings. The van der Waals surface area contributed by atoms with Gasteiger partial charge in [0.15, 0.2) is 0 Å². The van der Waals surface area contributed by atoms with Gasteiger partial charge >= 0.3 is 0 Å². The van der Waals surface area contributed by atoms with Gasteiger partial charge in [-0.15, -0.1) is 5.10 Å². The van der Waals surface area contributed by atoms with Crippen molar-refractivity contribution in [2.75, 3.05) is 20.2 Å². The minimum Gasteiger partial charge on any atom is -0.496 e. The number of carbonyl (C=O) groups excluding carboxylic acids is 1. The first kappa shape index (κ1) is 17.2. The zero-order valence-corrected chi connectivity index (χ0v) is 14.9. The second kappa shape index (κ2) is 7.51. The summed E-state index contributed by atoms with van der Waals surface area (Å²) in [5.74, 6) is 1.46. The van der Waals surface area contributed by atoms with Crippen LogP contribution in [0.15, 0.2) is 30.3 Å². The Kier molecular flexibility index (Phi) is 5.16. The second-order valence-electron chi connectivity index (χ2n) is 6.36. The Bertz CT molecular complexity index is 746. The van der Waals surface area contributed by atoms with Crippen LogP contribution in [0.4, 0.5) is 0 Å². The van der Waals surface area contributed by atoms with Crippen molar-refractivity contribution in [1.82, 2.24) is 15.1 Å². The van der Waals surface area contributed by atoms with Crippen molar-refractivity contribution in [3.63, 3.8) is 0 Å². The summed E-state index contributed by atoms with van der Waals surface area (Å²) in [4.78, 5) is 14.4. The lowest BCUT2D eigenvalue weighted by molar-refractivity contribution is -0.129. The molecule has 1 amide bonds. The Morgan fingerprint density at radius 3 is 2.76 bits per heavy atom. The fourth-order valence-electron chi connectivity index (χ4n) is 3.01. The molecule has 6 nitrogen and oxygen atoms in total. The van der Waals surface area contributed by atoms with E-state index < -0.39 is 0 Å². The van der Waals surface area contributed by atoms with Gasteiger partial charge < -0.3 is 14.4 Å². The molecule has 0 unspecified atom stereocenters. The fraction of sp³-hybridized carbons (Fsp3) is 0.421. The summed E-state index contributed by atoms with van der Waals surface area (Å²) < 4.78 is 11.1. The topological polar surface area (TPSA) is 64.5 Å². The lowest BCUT2D eigenvalue weighted by atomic mass is 10.1. The van der Waals surface area contributed by atoms with Gasteiger partial charge in [-0.25, -0.2) is 0 Å². The molecule has 0 aliphatic carbocycles. The Morgan fingerprint density at radius 2 is 2.08 bits per heavy atom. The van der Waals surface area contributed by atoms with Crippen molar-refractivity contribution in [2.24, 2.45) is 0 Å². The van der Waals surface area contributed by atoms with E-state index in [2.05, 4.69) is 10.2 Å². The van der Waals surface area contributed by atoms with Crippen LogP contribution in [0, 0.1) is 13.8 Å². The highest BCUT2D eigenvalue weighted by atomic mass is 16.5. The van der Waals surface area contributed by atoms with Crippen LogP contribution in [0.25, 0.3) is 0 Å². The van der Waals surface area contributed by atoms with Crippen LogP contribution in [0.2, 0.25) is 0 Å². The number of nitrogens with zero attached hydrogens (tertiary/aromatic N) is 3. The van der Waals surface area contributed by atoms with Gasteiger partial charge in [0.05, 0.1) is 25.8 Å². The maximum absolute atomic E-state index is 12.5. The number of carbonyl (C=O) groups is 1. The first-order chi connectivity index (χ1) is 12.0. The van der Waals surface area contributed by atoms with Crippen molar-refractivity contribution in [2.45, 2.75) is 32.8 Å². The number of hydrogen-bond donors (Lipinski definition) is 0. The molecule has 1 aromatic carbocycles. The normalized spacial score (nSPS) is 16.8. The van der Waals surface area contributed by atoms with E-state index in [-0.39, 0.29) is 12.0 Å². The average molecular weight is 341 g/mol. The molecule has 2 heterocycles. The highest BCUT2D eigenvalue weighted by molar-refractivity contribution is 5.79. The standard InChI is InChI=1S/C19H23N3O3/c1-13-10-15(5-6-17(13)24-3)11-19(23)22-9-8-16(12-22)25-18-7-4-14(2)20-21-18/h4-7,10,16H,8-9,11-12H2,1-3H3/t16-/m1/s1. The zero-order chi connectivity index (χ0) is 17.8. The van der Waals surface area contributed by atoms with Gasteiger partial charge in [0, 0.05) is 19.0 Å². The summed E-state index contributed by atoms with van der Waals surface area (Å²) >= 11 is 0. The van der Waals surface area contributed by atoms with E-state index in [0.717, 1.165) is 29.0 Å². The number of amides is 1. The minimum absolute atomic E-state index is 0.0291. The molecule has 0 radical (unpaired) electrons. The summed E-state index contributed by atoms with van der Waals surface area (Å²) in [5.41, 5.74) is 2.89. The van der Waals surface area contributed by atoms with E-state index in [9.17, 15) is 4.79 Å². The Labute approximate surface area is 147 Å². The minimum atomic E-state index is -0.0291. The third-order valence-corrected chi connectivity index (χ3v) is 4.37. The van der Waals surface area contributed by atoms with Crippen LogP contribution >= 0.6 is 0 Å². The van der Waals surface area contributed by atoms with Gasteiger partial charge in [0.25, 0.3) is 0 Å². The van der Waals surface area contributed by atoms with Gasteiger partial charge in [0.2, 0.25) is 11.8 Å². The molecule has 1 aliphatic heterocycles. The summed E-state index contributed by atoms with van der Waals surface area (Å²) in [6.45, 7) is 5.16. The van der Waals surface area contributed by atoms with E-state index in [0.29, 0.717) is 25.4 Å². The van der Waals surface area contributed by atoms with E-state index in [4.69, 9.17) is 9.47 Å². The van der Waals surface area contributed by atoms with Gasteiger partial charge in [-0.05, 0) is 37.1 Å². The maximum atomic E-state index is 12.5. The van der Waals surface area contributed by atoms with Crippen molar-refractivity contribution in [3.05, 3.63) is 47.2 Å². The molecule has 2 aromatic rings. The predicted octanol–water partition coefficient (Wildman–Crippen LogP) is 2.32. The Morgan fingerprint density at radius 1 is 1.24 bits per heavy atom. The smallest absolute Gasteiger partial charge is 0.233 e. The Hall–Kier alpha value is -2.63. The molecule has 1 aromatic heterocycles. The number of likely N-dealkylation sites (tertiary alicyclic amines) is 1. The second-order valence-corrected chi connectivity index (χ2v) is 6.36. The molecule has 132 valence electrons. The van der Waals surface area contributed by atoms with Crippen LogP contribution in [-0.4, -0.2) is 47.3 Å². The van der Waals surface area contributed by atoms with Crippen molar-refractivity contribution >= 4 is 5.91 Å². The van der Waals surface area contributed by atoms with Gasteiger partial charge in [-0.1, -0.05) is 12.1 Å². The van der Waals surface area contributed by atoms with Gasteiger partial charge in [-0.3, -0.25) is 4.79 Å². The predicted molar refractivity (Wildman–Crippen MR) is 93.8 cm³/mol. The van der Waals surface area contributed by atoms with Crippen LogP contribution in [-0.2, 0) is 11.2 Å². The number of methoxy groups -OCH3 is 1. The number of hydrogen-bond acceptors (Lipinski definition) is 5. The van der Waals surface area contributed by atoms with Crippen molar-refractivity contribution < 1.29 is 14.3 Å². The lowest BCUT2D eigenvalue weighted by Crippen LogP contribution is -2.32. The van der Waals surface area contributed by atoms with Gasteiger partial charge in [-0.2, -0.15) is 5.10 Å². The molecule has 3 rings (SSSR count).